The topological polar surface area (TPSA) is 28.1 Å². The number of rotatable bonds is 3. The van der Waals surface area contributed by atoms with Crippen molar-refractivity contribution in [3.63, 3.8) is 0 Å². The quantitative estimate of drug-likeness (QED) is 0.576. The molecule has 0 saturated carbocycles. The molecule has 24 heavy (non-hydrogen) atoms. The van der Waals surface area contributed by atoms with E-state index < -0.39 is 0 Å². The van der Waals surface area contributed by atoms with Crippen LogP contribution in [-0.4, -0.2) is 10.7 Å². The summed E-state index contributed by atoms with van der Waals surface area (Å²) in [5.74, 6) is 0. The lowest BCUT2D eigenvalue weighted by Gasteiger charge is -2.23. The number of H-pyrrole nitrogens is 1. The number of hydrogen-bond acceptors (Lipinski definition) is 1. The molecule has 2 heterocycles. The minimum atomic E-state index is -0.196. The van der Waals surface area contributed by atoms with Gasteiger partial charge in [0.2, 0.25) is 0 Å². The fourth-order valence-corrected chi connectivity index (χ4v) is 3.81. The molecule has 0 bridgehead atoms. The van der Waals surface area contributed by atoms with Crippen LogP contribution in [0, 0.1) is 0 Å². The second kappa shape index (κ2) is 5.07. The van der Waals surface area contributed by atoms with E-state index in [1.165, 1.54) is 21.9 Å². The highest BCUT2D eigenvalue weighted by Crippen LogP contribution is 2.46. The van der Waals surface area contributed by atoms with Gasteiger partial charge in [-0.2, -0.15) is 0 Å². The van der Waals surface area contributed by atoms with Crippen molar-refractivity contribution < 1.29 is 0 Å². The average molecular weight is 312 g/mol. The van der Waals surface area contributed by atoms with E-state index in [1.54, 1.807) is 6.08 Å². The van der Waals surface area contributed by atoms with Crippen molar-refractivity contribution in [3.05, 3.63) is 78.9 Å². The first-order chi connectivity index (χ1) is 11.6. The van der Waals surface area contributed by atoms with Gasteiger partial charge in [-0.3, -0.25) is 4.99 Å². The smallest absolute Gasteiger partial charge is 0.0696 e. The van der Waals surface area contributed by atoms with Crippen molar-refractivity contribution in [1.29, 1.82) is 0 Å². The predicted octanol–water partition coefficient (Wildman–Crippen LogP) is 5.98. The molecule has 2 nitrogen and oxygen atoms in total. The molecule has 1 aromatic heterocycles. The summed E-state index contributed by atoms with van der Waals surface area (Å²) in [6.45, 7) is 12.2. The van der Waals surface area contributed by atoms with Gasteiger partial charge in [-0.05, 0) is 31.6 Å². The Bertz CT molecular complexity index is 1060. The van der Waals surface area contributed by atoms with Crippen LogP contribution in [0.2, 0.25) is 0 Å². The van der Waals surface area contributed by atoms with Crippen molar-refractivity contribution in [3.8, 4) is 0 Å². The van der Waals surface area contributed by atoms with Gasteiger partial charge in [0.1, 0.15) is 0 Å². The zero-order valence-electron chi connectivity index (χ0n) is 14.1. The Balaban J connectivity index is 2.03. The Labute approximate surface area is 141 Å². The maximum absolute atomic E-state index is 4.92. The van der Waals surface area contributed by atoms with E-state index in [9.17, 15) is 0 Å². The number of aromatic nitrogens is 1. The number of aromatic amines is 1. The summed E-state index contributed by atoms with van der Waals surface area (Å²) >= 11 is 0. The molecule has 4 rings (SSSR count). The molecule has 1 aliphatic heterocycles. The second-order valence-electron chi connectivity index (χ2n) is 6.70. The summed E-state index contributed by atoms with van der Waals surface area (Å²) in [6.07, 6.45) is 5.62. The number of para-hydroxylation sites is 1. The van der Waals surface area contributed by atoms with E-state index in [-0.39, 0.29) is 5.41 Å². The van der Waals surface area contributed by atoms with E-state index in [0.717, 1.165) is 22.5 Å². The van der Waals surface area contributed by atoms with Crippen molar-refractivity contribution in [1.82, 2.24) is 4.98 Å². The lowest BCUT2D eigenvalue weighted by Crippen LogP contribution is -2.26. The largest absolute Gasteiger partial charge is 0.354 e. The number of hydrogen-bond donors (Lipinski definition) is 1. The molecule has 0 amide bonds. The molecule has 2 heteroatoms. The Morgan fingerprint density at radius 2 is 1.88 bits per heavy atom. The van der Waals surface area contributed by atoms with Gasteiger partial charge in [-0.25, -0.2) is 0 Å². The number of nitrogens with zero attached hydrogens (tertiary/aromatic N) is 1. The summed E-state index contributed by atoms with van der Waals surface area (Å²) < 4.78 is 0. The predicted molar refractivity (Wildman–Crippen MR) is 104 cm³/mol. The third-order valence-corrected chi connectivity index (χ3v) is 4.90. The molecular formula is C22H20N2. The summed E-state index contributed by atoms with van der Waals surface area (Å²) in [4.78, 5) is 8.53. The molecule has 0 unspecified atom stereocenters. The Morgan fingerprint density at radius 1 is 1.08 bits per heavy atom. The van der Waals surface area contributed by atoms with Crippen molar-refractivity contribution in [2.75, 3.05) is 0 Å². The van der Waals surface area contributed by atoms with Gasteiger partial charge >= 0.3 is 0 Å². The van der Waals surface area contributed by atoms with Crippen LogP contribution in [-0.2, 0) is 5.41 Å². The third-order valence-electron chi connectivity index (χ3n) is 4.90. The Hall–Kier alpha value is -2.87. The van der Waals surface area contributed by atoms with Gasteiger partial charge in [0, 0.05) is 27.3 Å². The molecular weight excluding hydrogens is 292 g/mol. The average Bonchev–Trinajstić information content (AvgIpc) is 3.07. The SMILES string of the molecule is C=C/C=C(\C=C)C1=Nc2ccc3c([nH]c4ccccc43)c2C1(C)C. The fourth-order valence-electron chi connectivity index (χ4n) is 3.81. The van der Waals surface area contributed by atoms with E-state index in [4.69, 9.17) is 4.99 Å². The van der Waals surface area contributed by atoms with Crippen LogP contribution in [0.5, 0.6) is 0 Å². The molecule has 0 radical (unpaired) electrons. The van der Waals surface area contributed by atoms with Crippen LogP contribution in [0.3, 0.4) is 0 Å². The van der Waals surface area contributed by atoms with Gasteiger partial charge in [-0.15, -0.1) is 0 Å². The van der Waals surface area contributed by atoms with Crippen LogP contribution >= 0.6 is 0 Å². The minimum Gasteiger partial charge on any atom is -0.354 e. The Kier molecular flexibility index (Phi) is 3.10. The van der Waals surface area contributed by atoms with Crippen molar-refractivity contribution >= 4 is 33.2 Å². The maximum atomic E-state index is 4.92. The van der Waals surface area contributed by atoms with Gasteiger partial charge in [0.25, 0.3) is 0 Å². The van der Waals surface area contributed by atoms with Crippen LogP contribution in [0.1, 0.15) is 19.4 Å². The van der Waals surface area contributed by atoms with Crippen LogP contribution in [0.25, 0.3) is 21.8 Å². The Morgan fingerprint density at radius 3 is 2.62 bits per heavy atom. The lowest BCUT2D eigenvalue weighted by molar-refractivity contribution is 0.743. The lowest BCUT2D eigenvalue weighted by atomic mass is 9.78. The maximum Gasteiger partial charge on any atom is 0.0696 e. The van der Waals surface area contributed by atoms with E-state index in [2.05, 4.69) is 68.4 Å². The number of fused-ring (bicyclic) bond motifs is 5. The third kappa shape index (κ3) is 1.86. The van der Waals surface area contributed by atoms with Crippen LogP contribution < -0.4 is 0 Å². The van der Waals surface area contributed by atoms with Gasteiger partial charge in [0.15, 0.2) is 0 Å². The summed E-state index contributed by atoms with van der Waals surface area (Å²) in [5.41, 5.74) is 6.50. The van der Waals surface area contributed by atoms with Gasteiger partial charge in [-0.1, -0.05) is 55.7 Å². The number of benzene rings is 2. The second-order valence-corrected chi connectivity index (χ2v) is 6.70. The molecule has 0 spiro atoms. The highest BCUT2D eigenvalue weighted by Gasteiger charge is 2.38. The highest BCUT2D eigenvalue weighted by molar-refractivity contribution is 6.18. The molecule has 0 fully saturated rings. The monoisotopic (exact) mass is 312 g/mol. The molecule has 0 atom stereocenters. The first-order valence-electron chi connectivity index (χ1n) is 8.16. The summed E-state index contributed by atoms with van der Waals surface area (Å²) in [5, 5.41) is 2.51. The molecule has 0 saturated heterocycles. The van der Waals surface area contributed by atoms with E-state index >= 15 is 0 Å². The van der Waals surface area contributed by atoms with Crippen LogP contribution in [0.15, 0.2) is 78.3 Å². The standard InChI is InChI=1S/C22H20N2/c1-5-9-14(6-2)21-22(3,4)19-18(24-21)13-12-16-15-10-7-8-11-17(15)23-20(16)19/h5-13,23H,1-2H2,3-4H3/b14-9+. The molecule has 118 valence electrons. The van der Waals surface area contributed by atoms with Gasteiger partial charge in [0.05, 0.1) is 16.9 Å². The molecule has 3 aromatic rings. The van der Waals surface area contributed by atoms with Crippen LogP contribution in [0.4, 0.5) is 5.69 Å². The molecule has 2 aromatic carbocycles. The van der Waals surface area contributed by atoms with E-state index in [0.29, 0.717) is 0 Å². The van der Waals surface area contributed by atoms with Crippen molar-refractivity contribution in [2.24, 2.45) is 4.99 Å². The van der Waals surface area contributed by atoms with Gasteiger partial charge < -0.3 is 4.98 Å². The number of aliphatic imine (C=N–C) groups is 1. The van der Waals surface area contributed by atoms with E-state index in [1.807, 2.05) is 12.2 Å². The summed E-state index contributed by atoms with van der Waals surface area (Å²) in [6, 6.07) is 12.7. The summed E-state index contributed by atoms with van der Waals surface area (Å²) in [7, 11) is 0. The zero-order valence-corrected chi connectivity index (χ0v) is 14.1. The minimum absolute atomic E-state index is 0.196. The molecule has 0 aliphatic carbocycles. The zero-order chi connectivity index (χ0) is 16.9. The molecule has 1 N–H and O–H groups in total. The highest BCUT2D eigenvalue weighted by atomic mass is 14.8. The van der Waals surface area contributed by atoms with Crippen molar-refractivity contribution in [2.45, 2.75) is 19.3 Å². The fraction of sp³-hybridized carbons (Fsp3) is 0.136. The normalized spacial score (nSPS) is 16.2. The number of nitrogens with one attached hydrogen (secondary N) is 1. The first-order valence-corrected chi connectivity index (χ1v) is 8.16. The number of allylic oxidation sites excluding steroid dienone is 4. The molecule has 1 aliphatic rings. The first kappa shape index (κ1) is 14.7.